The topological polar surface area (TPSA) is 51.8 Å². The van der Waals surface area contributed by atoms with Crippen LogP contribution in [0.25, 0.3) is 10.4 Å². The van der Waals surface area contributed by atoms with Gasteiger partial charge in [-0.1, -0.05) is 0 Å². The maximum atomic E-state index is 7.96. The minimum absolute atomic E-state index is 0.809. The van der Waals surface area contributed by atoms with Crippen LogP contribution in [0.4, 0.5) is 0 Å². The predicted molar refractivity (Wildman–Crippen MR) is 40.8 cm³/mol. The highest BCUT2D eigenvalue weighted by molar-refractivity contribution is 5.49. The molecule has 0 radical (unpaired) electrons. The molecule has 0 aromatic heterocycles. The maximum absolute atomic E-state index is 7.96. The summed E-state index contributed by atoms with van der Waals surface area (Å²) < 4.78 is 1.79. The molecule has 0 atom stereocenters. The highest BCUT2D eigenvalue weighted by Gasteiger charge is 1.82. The second-order valence-corrected chi connectivity index (χ2v) is 1.63. The molecule has 0 aromatic carbocycles. The van der Waals surface area contributed by atoms with Crippen LogP contribution in [-0.2, 0) is 0 Å². The predicted octanol–water partition coefficient (Wildman–Crippen LogP) is 1.89. The molecule has 0 fully saturated rings. The average molecular weight is 139 g/mol. The van der Waals surface area contributed by atoms with Crippen molar-refractivity contribution < 1.29 is 4.58 Å². The number of hydrogen-bond donors (Lipinski definition) is 0. The summed E-state index contributed by atoms with van der Waals surface area (Å²) >= 11 is 0. The number of allylic oxidation sites excluding steroid dienone is 1. The van der Waals surface area contributed by atoms with Gasteiger partial charge in [0.25, 0.3) is 0 Å². The van der Waals surface area contributed by atoms with Gasteiger partial charge in [0.05, 0.1) is 12.7 Å². The van der Waals surface area contributed by atoms with E-state index in [4.69, 9.17) is 5.53 Å². The zero-order valence-corrected chi connectivity index (χ0v) is 6.23. The van der Waals surface area contributed by atoms with Crippen molar-refractivity contribution in [1.82, 2.24) is 0 Å². The van der Waals surface area contributed by atoms with E-state index in [2.05, 4.69) is 10.0 Å². The maximum Gasteiger partial charge on any atom is 0.150 e. The van der Waals surface area contributed by atoms with E-state index in [9.17, 15) is 0 Å². The van der Waals surface area contributed by atoms with Crippen molar-refractivity contribution in [2.45, 2.75) is 13.8 Å². The van der Waals surface area contributed by atoms with Gasteiger partial charge >= 0.3 is 0 Å². The molecule has 0 spiro atoms. The summed E-state index contributed by atoms with van der Waals surface area (Å²) in [7, 11) is 0. The van der Waals surface area contributed by atoms with Gasteiger partial charge in [-0.15, -0.1) is 0 Å². The van der Waals surface area contributed by atoms with Gasteiger partial charge in [-0.05, 0) is 30.6 Å². The van der Waals surface area contributed by atoms with Crippen molar-refractivity contribution in [2.24, 2.45) is 5.11 Å². The van der Waals surface area contributed by atoms with Gasteiger partial charge in [-0.2, -0.15) is 0 Å². The molecule has 0 rings (SSSR count). The Morgan fingerprint density at radius 3 is 2.80 bits per heavy atom. The lowest BCUT2D eigenvalue weighted by Gasteiger charge is -1.92. The first kappa shape index (κ1) is 8.72. The van der Waals surface area contributed by atoms with Gasteiger partial charge in [-0.3, -0.25) is 4.58 Å². The molecule has 4 nitrogen and oxygen atoms in total. The van der Waals surface area contributed by atoms with Crippen molar-refractivity contribution in [1.29, 1.82) is 0 Å². The molecule has 0 N–H and O–H groups in total. The summed E-state index contributed by atoms with van der Waals surface area (Å²) in [6.45, 7) is 4.69. The van der Waals surface area contributed by atoms with Crippen molar-refractivity contribution in [2.75, 3.05) is 6.54 Å². The molecule has 54 valence electrons. The van der Waals surface area contributed by atoms with E-state index in [0.29, 0.717) is 0 Å². The van der Waals surface area contributed by atoms with E-state index in [1.807, 2.05) is 26.1 Å². The van der Waals surface area contributed by atoms with Crippen LogP contribution >= 0.6 is 0 Å². The summed E-state index contributed by atoms with van der Waals surface area (Å²) in [6.07, 6.45) is 5.17. The SMILES string of the molecule is C/C=C\[N+](=C/N=[N+]=[N-])CC. The Morgan fingerprint density at radius 2 is 2.40 bits per heavy atom. The van der Waals surface area contributed by atoms with E-state index in [1.165, 1.54) is 6.34 Å². The van der Waals surface area contributed by atoms with Gasteiger partial charge in [0.1, 0.15) is 0 Å². The Hall–Kier alpha value is -1.28. The molecule has 0 heterocycles. The second-order valence-electron chi connectivity index (χ2n) is 1.63. The van der Waals surface area contributed by atoms with Gasteiger partial charge in [0.2, 0.25) is 0 Å². The number of rotatable bonds is 3. The van der Waals surface area contributed by atoms with Crippen molar-refractivity contribution in [3.63, 3.8) is 0 Å². The quantitative estimate of drug-likeness (QED) is 0.143. The smallest absolute Gasteiger partial charge is 0.150 e. The zero-order valence-electron chi connectivity index (χ0n) is 6.23. The molecule has 0 aliphatic heterocycles. The average Bonchev–Trinajstić information content (AvgIpc) is 1.98. The molecule has 0 amide bonds. The Kier molecular flexibility index (Phi) is 5.10. The fourth-order valence-corrected chi connectivity index (χ4v) is 0.506. The van der Waals surface area contributed by atoms with E-state index >= 15 is 0 Å². The second kappa shape index (κ2) is 5.85. The molecule has 4 heteroatoms. The van der Waals surface area contributed by atoms with Gasteiger partial charge in [0.15, 0.2) is 6.34 Å². The van der Waals surface area contributed by atoms with Crippen LogP contribution in [0.5, 0.6) is 0 Å². The summed E-state index contributed by atoms with van der Waals surface area (Å²) in [5.41, 5.74) is 7.96. The van der Waals surface area contributed by atoms with Crippen LogP contribution in [0, 0.1) is 0 Å². The first-order valence-corrected chi connectivity index (χ1v) is 3.11. The largest absolute Gasteiger partial charge is 0.272 e. The third-order valence-corrected chi connectivity index (χ3v) is 0.957. The minimum atomic E-state index is 0.809. The third-order valence-electron chi connectivity index (χ3n) is 0.957. The van der Waals surface area contributed by atoms with Crippen LogP contribution < -0.4 is 0 Å². The molecule has 0 saturated carbocycles. The van der Waals surface area contributed by atoms with Crippen LogP contribution in [0.15, 0.2) is 17.4 Å². The van der Waals surface area contributed by atoms with E-state index < -0.39 is 0 Å². The van der Waals surface area contributed by atoms with Crippen molar-refractivity contribution in [3.8, 4) is 0 Å². The summed E-state index contributed by atoms with van der Waals surface area (Å²) in [5, 5.41) is 3.29. The third kappa shape index (κ3) is 3.69. The van der Waals surface area contributed by atoms with Crippen molar-refractivity contribution in [3.05, 3.63) is 22.7 Å². The molecule has 0 aliphatic rings. The van der Waals surface area contributed by atoms with Crippen LogP contribution in [0.3, 0.4) is 0 Å². The minimum Gasteiger partial charge on any atom is -0.272 e. The van der Waals surface area contributed by atoms with E-state index in [0.717, 1.165) is 6.54 Å². The normalized spacial score (nSPS) is 11.6. The zero-order chi connectivity index (χ0) is 7.82. The van der Waals surface area contributed by atoms with Crippen LogP contribution in [-0.4, -0.2) is 17.5 Å². The lowest BCUT2D eigenvalue weighted by molar-refractivity contribution is -0.448. The molecule has 0 saturated heterocycles. The monoisotopic (exact) mass is 139 g/mol. The Balaban J connectivity index is 4.17. The van der Waals surface area contributed by atoms with E-state index in [-0.39, 0.29) is 0 Å². The fourth-order valence-electron chi connectivity index (χ4n) is 0.506. The van der Waals surface area contributed by atoms with Gasteiger partial charge in [-0.25, -0.2) is 0 Å². The van der Waals surface area contributed by atoms with Crippen LogP contribution in [0.1, 0.15) is 13.8 Å². The lowest BCUT2D eigenvalue weighted by Crippen LogP contribution is -2.02. The number of nitrogens with zero attached hydrogens (tertiary/aromatic N) is 4. The highest BCUT2D eigenvalue weighted by Crippen LogP contribution is 1.76. The molecule has 0 bridgehead atoms. The van der Waals surface area contributed by atoms with E-state index in [1.54, 1.807) is 4.58 Å². The first-order chi connectivity index (χ1) is 4.85. The molecule has 0 aromatic rings. The van der Waals surface area contributed by atoms with Gasteiger partial charge < -0.3 is 0 Å². The Bertz CT molecular complexity index is 186. The van der Waals surface area contributed by atoms with Gasteiger partial charge in [0, 0.05) is 4.91 Å². The first-order valence-electron chi connectivity index (χ1n) is 3.11. The highest BCUT2D eigenvalue weighted by atomic mass is 15.2. The summed E-state index contributed by atoms with van der Waals surface area (Å²) in [4.78, 5) is 2.60. The Labute approximate surface area is 60.1 Å². The Morgan fingerprint density at radius 1 is 1.70 bits per heavy atom. The molecule has 0 unspecified atom stereocenters. The van der Waals surface area contributed by atoms with Crippen molar-refractivity contribution >= 4 is 6.34 Å². The summed E-state index contributed by atoms with van der Waals surface area (Å²) in [6, 6.07) is 0. The molecule has 10 heavy (non-hydrogen) atoms. The molecular weight excluding hydrogens is 128 g/mol. The van der Waals surface area contributed by atoms with Crippen LogP contribution in [0.2, 0.25) is 0 Å². The standard InChI is InChI=1S/C6H11N4/c1-3-5-10(4-2)6-8-9-7/h3,5-6H,4H2,1-2H3/q+1/b5-3-,10-6-. The lowest BCUT2D eigenvalue weighted by atomic mass is 10.6. The number of azide groups is 1. The molecule has 0 aliphatic carbocycles. The molecular formula is C6H11N4+. The fraction of sp³-hybridized carbons (Fsp3) is 0.500. The number of hydrogen-bond acceptors (Lipinski definition) is 0. The summed E-state index contributed by atoms with van der Waals surface area (Å²) in [5.74, 6) is 0.